The van der Waals surface area contributed by atoms with E-state index in [0.717, 1.165) is 0 Å². The molecule has 0 unspecified atom stereocenters. The zero-order chi connectivity index (χ0) is 14.2. The summed E-state index contributed by atoms with van der Waals surface area (Å²) in [5.74, 6) is -1.40. The van der Waals surface area contributed by atoms with E-state index in [9.17, 15) is 18.0 Å². The zero-order valence-corrected chi connectivity index (χ0v) is 10.7. The highest BCUT2D eigenvalue weighted by Crippen LogP contribution is 2.33. The van der Waals surface area contributed by atoms with Crippen molar-refractivity contribution < 1.29 is 23.1 Å². The number of aromatic amines is 1. The number of carboxylic acid groups (broad SMARTS) is 1. The maximum absolute atomic E-state index is 12.5. The van der Waals surface area contributed by atoms with Crippen molar-refractivity contribution in [2.75, 3.05) is 0 Å². The fourth-order valence-electron chi connectivity index (χ4n) is 1.54. The summed E-state index contributed by atoms with van der Waals surface area (Å²) in [6.45, 7) is 0. The SMILES string of the molecule is O=C(O)c1cccc(Br)c1-c1nc(C(F)(F)F)c[nH]1. The zero-order valence-electron chi connectivity index (χ0n) is 9.12. The Hall–Kier alpha value is -1.83. The smallest absolute Gasteiger partial charge is 0.434 e. The van der Waals surface area contributed by atoms with Gasteiger partial charge in [-0.25, -0.2) is 9.78 Å². The van der Waals surface area contributed by atoms with Crippen molar-refractivity contribution in [2.24, 2.45) is 0 Å². The molecule has 8 heteroatoms. The summed E-state index contributed by atoms with van der Waals surface area (Å²) < 4.78 is 37.7. The van der Waals surface area contributed by atoms with Crippen LogP contribution in [0.4, 0.5) is 13.2 Å². The predicted molar refractivity (Wildman–Crippen MR) is 63.7 cm³/mol. The number of benzene rings is 1. The van der Waals surface area contributed by atoms with E-state index in [-0.39, 0.29) is 17.0 Å². The highest BCUT2D eigenvalue weighted by molar-refractivity contribution is 9.10. The van der Waals surface area contributed by atoms with Crippen LogP contribution in [0.5, 0.6) is 0 Å². The molecule has 0 bridgehead atoms. The molecule has 0 spiro atoms. The second-order valence-corrected chi connectivity index (χ2v) is 4.45. The van der Waals surface area contributed by atoms with Gasteiger partial charge in [-0.3, -0.25) is 0 Å². The largest absolute Gasteiger partial charge is 0.478 e. The molecular weight excluding hydrogens is 329 g/mol. The lowest BCUT2D eigenvalue weighted by atomic mass is 10.1. The summed E-state index contributed by atoms with van der Waals surface area (Å²) >= 11 is 3.11. The molecule has 2 rings (SSSR count). The predicted octanol–water partition coefficient (Wildman–Crippen LogP) is 3.56. The second kappa shape index (κ2) is 4.69. The lowest BCUT2D eigenvalue weighted by Crippen LogP contribution is -2.05. The highest BCUT2D eigenvalue weighted by Gasteiger charge is 2.34. The van der Waals surface area contributed by atoms with Crippen LogP contribution in [0.3, 0.4) is 0 Å². The van der Waals surface area contributed by atoms with Gasteiger partial charge in [0, 0.05) is 16.2 Å². The topological polar surface area (TPSA) is 66.0 Å². The van der Waals surface area contributed by atoms with Crippen LogP contribution in [0.25, 0.3) is 11.4 Å². The van der Waals surface area contributed by atoms with Crippen LogP contribution in [-0.4, -0.2) is 21.0 Å². The molecule has 4 nitrogen and oxygen atoms in total. The maximum atomic E-state index is 12.5. The molecule has 0 fully saturated rings. The summed E-state index contributed by atoms with van der Waals surface area (Å²) in [6.07, 6.45) is -3.89. The molecule has 19 heavy (non-hydrogen) atoms. The van der Waals surface area contributed by atoms with E-state index in [1.165, 1.54) is 18.2 Å². The molecule has 0 radical (unpaired) electrons. The molecule has 0 aliphatic heterocycles. The van der Waals surface area contributed by atoms with Crippen LogP contribution in [0.15, 0.2) is 28.9 Å². The van der Waals surface area contributed by atoms with Gasteiger partial charge in [0.05, 0.1) is 5.56 Å². The molecule has 1 aromatic carbocycles. The highest BCUT2D eigenvalue weighted by atomic mass is 79.9. The summed E-state index contributed by atoms with van der Waals surface area (Å²) in [5, 5.41) is 9.03. The summed E-state index contributed by atoms with van der Waals surface area (Å²) in [7, 11) is 0. The third-order valence-electron chi connectivity index (χ3n) is 2.35. The molecule has 0 saturated heterocycles. The first-order chi connectivity index (χ1) is 8.80. The normalized spacial score (nSPS) is 11.6. The molecular formula is C11H6BrF3N2O2. The van der Waals surface area contributed by atoms with E-state index >= 15 is 0 Å². The minimum Gasteiger partial charge on any atom is -0.478 e. The molecule has 2 aromatic rings. The molecule has 0 amide bonds. The summed E-state index contributed by atoms with van der Waals surface area (Å²) in [6, 6.07) is 4.29. The van der Waals surface area contributed by atoms with Crippen LogP contribution in [0.1, 0.15) is 16.1 Å². The van der Waals surface area contributed by atoms with E-state index in [1.807, 2.05) is 0 Å². The number of carbonyl (C=O) groups is 1. The number of nitrogens with zero attached hydrogens (tertiary/aromatic N) is 1. The first-order valence-electron chi connectivity index (χ1n) is 4.95. The number of carboxylic acids is 1. The molecule has 100 valence electrons. The third-order valence-corrected chi connectivity index (χ3v) is 3.01. The first kappa shape index (κ1) is 13.6. The average molecular weight is 335 g/mol. The number of imidazole rings is 1. The van der Waals surface area contributed by atoms with Crippen molar-refractivity contribution >= 4 is 21.9 Å². The van der Waals surface area contributed by atoms with Crippen LogP contribution in [-0.2, 0) is 6.18 Å². The number of rotatable bonds is 2. The lowest BCUT2D eigenvalue weighted by molar-refractivity contribution is -0.140. The molecule has 0 aliphatic rings. The lowest BCUT2D eigenvalue weighted by Gasteiger charge is -2.05. The molecule has 0 saturated carbocycles. The van der Waals surface area contributed by atoms with Gasteiger partial charge in [-0.2, -0.15) is 13.2 Å². The van der Waals surface area contributed by atoms with Crippen LogP contribution in [0.2, 0.25) is 0 Å². The maximum Gasteiger partial charge on any atom is 0.434 e. The van der Waals surface area contributed by atoms with E-state index in [2.05, 4.69) is 25.9 Å². The number of aromatic nitrogens is 2. The van der Waals surface area contributed by atoms with Gasteiger partial charge in [-0.15, -0.1) is 0 Å². The number of aromatic carboxylic acids is 1. The Morgan fingerprint density at radius 3 is 2.58 bits per heavy atom. The van der Waals surface area contributed by atoms with E-state index in [0.29, 0.717) is 10.7 Å². The Bertz CT molecular complexity index is 637. The minimum atomic E-state index is -4.58. The van der Waals surface area contributed by atoms with E-state index < -0.39 is 17.8 Å². The van der Waals surface area contributed by atoms with E-state index in [1.54, 1.807) is 0 Å². The van der Waals surface area contributed by atoms with E-state index in [4.69, 9.17) is 5.11 Å². The molecule has 0 aliphatic carbocycles. The summed E-state index contributed by atoms with van der Waals surface area (Å²) in [4.78, 5) is 16.8. The first-order valence-corrected chi connectivity index (χ1v) is 5.75. The standard InChI is InChI=1S/C11H6BrF3N2O2/c12-6-3-1-2-5(10(18)19)8(6)9-16-4-7(17-9)11(13,14)15/h1-4H,(H,16,17)(H,18,19). The minimum absolute atomic E-state index is 0.0745. The average Bonchev–Trinajstić information content (AvgIpc) is 2.77. The van der Waals surface area contributed by atoms with Crippen LogP contribution >= 0.6 is 15.9 Å². The van der Waals surface area contributed by atoms with Gasteiger partial charge in [0.25, 0.3) is 0 Å². The monoisotopic (exact) mass is 334 g/mol. The molecule has 2 N–H and O–H groups in total. The number of hydrogen-bond donors (Lipinski definition) is 2. The van der Waals surface area contributed by atoms with Crippen molar-refractivity contribution in [3.05, 3.63) is 40.1 Å². The fraction of sp³-hybridized carbons (Fsp3) is 0.0909. The van der Waals surface area contributed by atoms with Crippen LogP contribution < -0.4 is 0 Å². The second-order valence-electron chi connectivity index (χ2n) is 3.60. The van der Waals surface area contributed by atoms with Crippen molar-refractivity contribution in [3.8, 4) is 11.4 Å². The quantitative estimate of drug-likeness (QED) is 0.882. The molecule has 0 atom stereocenters. The van der Waals surface area contributed by atoms with Gasteiger partial charge in [0.2, 0.25) is 0 Å². The van der Waals surface area contributed by atoms with Gasteiger partial charge < -0.3 is 10.1 Å². The van der Waals surface area contributed by atoms with Gasteiger partial charge in [-0.1, -0.05) is 22.0 Å². The van der Waals surface area contributed by atoms with Crippen molar-refractivity contribution in [1.82, 2.24) is 9.97 Å². The third kappa shape index (κ3) is 2.62. The Morgan fingerprint density at radius 2 is 2.05 bits per heavy atom. The van der Waals surface area contributed by atoms with Crippen molar-refractivity contribution in [3.63, 3.8) is 0 Å². The van der Waals surface area contributed by atoms with Gasteiger partial charge >= 0.3 is 12.1 Å². The van der Waals surface area contributed by atoms with Gasteiger partial charge in [0.1, 0.15) is 5.82 Å². The Balaban J connectivity index is 2.59. The Kier molecular flexibility index (Phi) is 3.36. The number of H-pyrrole nitrogens is 1. The Labute approximate surface area is 113 Å². The van der Waals surface area contributed by atoms with Crippen molar-refractivity contribution in [2.45, 2.75) is 6.18 Å². The Morgan fingerprint density at radius 1 is 1.37 bits per heavy atom. The number of alkyl halides is 3. The molecule has 1 aromatic heterocycles. The molecule has 1 heterocycles. The summed E-state index contributed by atoms with van der Waals surface area (Å²) in [5.41, 5.74) is -1.17. The van der Waals surface area contributed by atoms with Gasteiger partial charge in [0.15, 0.2) is 5.69 Å². The number of nitrogens with one attached hydrogen (secondary N) is 1. The fourth-order valence-corrected chi connectivity index (χ4v) is 2.09. The number of hydrogen-bond acceptors (Lipinski definition) is 2. The number of halogens is 4. The van der Waals surface area contributed by atoms with Crippen molar-refractivity contribution in [1.29, 1.82) is 0 Å². The van der Waals surface area contributed by atoms with Crippen LogP contribution in [0, 0.1) is 0 Å². The van der Waals surface area contributed by atoms with Gasteiger partial charge in [-0.05, 0) is 12.1 Å².